The van der Waals surface area contributed by atoms with Crippen LogP contribution >= 0.6 is 0 Å². The van der Waals surface area contributed by atoms with Gasteiger partial charge in [-0.2, -0.15) is 0 Å². The predicted molar refractivity (Wildman–Crippen MR) is 66.5 cm³/mol. The Hall–Kier alpha value is -1.27. The molecule has 0 spiro atoms. The first-order valence-corrected chi connectivity index (χ1v) is 7.76. The molecule has 1 heterocycles. The van der Waals surface area contributed by atoms with Gasteiger partial charge in [0.2, 0.25) is 6.79 Å². The molecule has 0 aromatic heterocycles. The number of nitrogens with two attached hydrogens (primary N) is 1. The molecule has 2 N–H and O–H groups in total. The molecule has 98 valence electrons. The van der Waals surface area contributed by atoms with Crippen LogP contribution in [0.25, 0.3) is 0 Å². The smallest absolute Gasteiger partial charge is 0.231 e. The number of sulfone groups is 1. The Morgan fingerprint density at radius 1 is 1.33 bits per heavy atom. The summed E-state index contributed by atoms with van der Waals surface area (Å²) in [7, 11) is -3.05. The van der Waals surface area contributed by atoms with Crippen LogP contribution in [-0.4, -0.2) is 33.3 Å². The third kappa shape index (κ3) is 1.76. The van der Waals surface area contributed by atoms with E-state index in [0.29, 0.717) is 18.0 Å². The van der Waals surface area contributed by atoms with Gasteiger partial charge in [0, 0.05) is 12.2 Å². The van der Waals surface area contributed by atoms with Crippen molar-refractivity contribution < 1.29 is 17.9 Å². The van der Waals surface area contributed by atoms with E-state index < -0.39 is 9.84 Å². The molecule has 1 aromatic carbocycles. The van der Waals surface area contributed by atoms with E-state index in [9.17, 15) is 8.42 Å². The van der Waals surface area contributed by atoms with Gasteiger partial charge in [-0.1, -0.05) is 6.07 Å². The maximum atomic E-state index is 11.7. The van der Waals surface area contributed by atoms with Gasteiger partial charge in [-0.05, 0) is 30.2 Å². The molecule has 1 aromatic rings. The van der Waals surface area contributed by atoms with Gasteiger partial charge >= 0.3 is 0 Å². The highest BCUT2D eigenvalue weighted by Crippen LogP contribution is 2.52. The lowest BCUT2D eigenvalue weighted by Gasteiger charge is -2.02. The van der Waals surface area contributed by atoms with E-state index in [-0.39, 0.29) is 23.9 Å². The molecule has 3 rings (SSSR count). The summed E-state index contributed by atoms with van der Waals surface area (Å²) in [4.78, 5) is 0. The Balaban J connectivity index is 1.92. The Kier molecular flexibility index (Phi) is 2.53. The highest BCUT2D eigenvalue weighted by Gasteiger charge is 2.56. The van der Waals surface area contributed by atoms with Crippen LogP contribution in [0.3, 0.4) is 0 Å². The fourth-order valence-corrected chi connectivity index (χ4v) is 4.48. The number of hydrogen-bond acceptors (Lipinski definition) is 5. The summed E-state index contributed by atoms with van der Waals surface area (Å²) in [5.41, 5.74) is 6.60. The fourth-order valence-electron chi connectivity index (χ4n) is 2.76. The largest absolute Gasteiger partial charge is 0.454 e. The van der Waals surface area contributed by atoms with Gasteiger partial charge in [0.05, 0.1) is 5.25 Å². The van der Waals surface area contributed by atoms with Crippen molar-refractivity contribution in [1.29, 1.82) is 0 Å². The highest BCUT2D eigenvalue weighted by atomic mass is 32.2. The van der Waals surface area contributed by atoms with Gasteiger partial charge in [0.1, 0.15) is 0 Å². The molecule has 0 saturated heterocycles. The molecule has 0 amide bonds. The topological polar surface area (TPSA) is 78.6 Å². The summed E-state index contributed by atoms with van der Waals surface area (Å²) in [5.74, 6) is 1.39. The van der Waals surface area contributed by atoms with Crippen molar-refractivity contribution in [3.63, 3.8) is 0 Å². The standard InChI is InChI=1S/C12H15NO4S/c1-18(14,15)12-8(5-13)11(12)7-2-3-9-10(4-7)17-6-16-9/h2-4,8,11-12H,5-6,13H2,1H3/t8-,11-,12+/m0/s1. The molecule has 5 nitrogen and oxygen atoms in total. The van der Waals surface area contributed by atoms with E-state index in [0.717, 1.165) is 5.56 Å². The minimum atomic E-state index is -3.05. The van der Waals surface area contributed by atoms with Gasteiger partial charge in [0.15, 0.2) is 21.3 Å². The second-order valence-electron chi connectivity index (χ2n) is 4.83. The van der Waals surface area contributed by atoms with Gasteiger partial charge in [-0.3, -0.25) is 0 Å². The molecular formula is C12H15NO4S. The summed E-state index contributed by atoms with van der Waals surface area (Å²) >= 11 is 0. The Morgan fingerprint density at radius 3 is 2.67 bits per heavy atom. The van der Waals surface area contributed by atoms with Crippen molar-refractivity contribution in [3.8, 4) is 11.5 Å². The number of rotatable bonds is 3. The van der Waals surface area contributed by atoms with E-state index in [1.807, 2.05) is 18.2 Å². The zero-order valence-corrected chi connectivity index (χ0v) is 10.8. The number of hydrogen-bond donors (Lipinski definition) is 1. The molecule has 0 radical (unpaired) electrons. The third-order valence-electron chi connectivity index (χ3n) is 3.64. The summed E-state index contributed by atoms with van der Waals surface area (Å²) < 4.78 is 33.9. The second-order valence-corrected chi connectivity index (χ2v) is 7.04. The minimum Gasteiger partial charge on any atom is -0.454 e. The lowest BCUT2D eigenvalue weighted by molar-refractivity contribution is 0.174. The highest BCUT2D eigenvalue weighted by molar-refractivity contribution is 7.91. The molecule has 6 heteroatoms. The van der Waals surface area contributed by atoms with E-state index in [4.69, 9.17) is 15.2 Å². The van der Waals surface area contributed by atoms with Crippen LogP contribution in [0.5, 0.6) is 11.5 Å². The Labute approximate surface area is 106 Å². The first kappa shape index (κ1) is 11.8. The molecule has 18 heavy (non-hydrogen) atoms. The summed E-state index contributed by atoms with van der Waals surface area (Å²) in [5, 5.41) is -0.358. The molecule has 1 saturated carbocycles. The quantitative estimate of drug-likeness (QED) is 0.864. The van der Waals surface area contributed by atoms with Crippen LogP contribution in [0.4, 0.5) is 0 Å². The van der Waals surface area contributed by atoms with Crippen molar-refractivity contribution in [2.24, 2.45) is 11.7 Å². The molecule has 1 aliphatic carbocycles. The minimum absolute atomic E-state index is 0.0142. The van der Waals surface area contributed by atoms with Crippen molar-refractivity contribution >= 4 is 9.84 Å². The average molecular weight is 269 g/mol. The Morgan fingerprint density at radius 2 is 2.06 bits per heavy atom. The maximum Gasteiger partial charge on any atom is 0.231 e. The number of ether oxygens (including phenoxy) is 2. The van der Waals surface area contributed by atoms with E-state index in [2.05, 4.69) is 0 Å². The van der Waals surface area contributed by atoms with Crippen LogP contribution in [0.15, 0.2) is 18.2 Å². The van der Waals surface area contributed by atoms with Crippen molar-refractivity contribution in [1.82, 2.24) is 0 Å². The summed E-state index contributed by atoms with van der Waals surface area (Å²) in [6.07, 6.45) is 1.27. The lowest BCUT2D eigenvalue weighted by atomic mass is 10.1. The van der Waals surface area contributed by atoms with Crippen LogP contribution in [-0.2, 0) is 9.84 Å². The first-order chi connectivity index (χ1) is 8.52. The molecule has 3 atom stereocenters. The van der Waals surface area contributed by atoms with Crippen molar-refractivity contribution in [2.45, 2.75) is 11.2 Å². The van der Waals surface area contributed by atoms with Gasteiger partial charge in [-0.15, -0.1) is 0 Å². The number of benzene rings is 1. The van der Waals surface area contributed by atoms with Gasteiger partial charge in [-0.25, -0.2) is 8.42 Å². The number of fused-ring (bicyclic) bond motifs is 1. The van der Waals surface area contributed by atoms with Crippen LogP contribution < -0.4 is 15.2 Å². The third-order valence-corrected chi connectivity index (χ3v) is 5.28. The zero-order chi connectivity index (χ0) is 12.9. The SMILES string of the molecule is CS(=O)(=O)[C@@H]1[C@@H](CN)[C@@H]1c1ccc2c(c1)OCO2. The molecule has 2 aliphatic rings. The second kappa shape index (κ2) is 3.86. The summed E-state index contributed by atoms with van der Waals surface area (Å²) in [6, 6.07) is 5.58. The van der Waals surface area contributed by atoms with Crippen LogP contribution in [0.2, 0.25) is 0 Å². The Bertz CT molecular complexity index is 584. The van der Waals surface area contributed by atoms with E-state index in [1.54, 1.807) is 0 Å². The van der Waals surface area contributed by atoms with Crippen LogP contribution in [0.1, 0.15) is 11.5 Å². The van der Waals surface area contributed by atoms with Gasteiger partial charge in [0.25, 0.3) is 0 Å². The first-order valence-electron chi connectivity index (χ1n) is 5.81. The zero-order valence-electron chi connectivity index (χ0n) is 10.00. The van der Waals surface area contributed by atoms with Gasteiger partial charge < -0.3 is 15.2 Å². The average Bonchev–Trinajstić information content (AvgIpc) is 2.90. The monoisotopic (exact) mass is 269 g/mol. The molecule has 0 unspecified atom stereocenters. The maximum absolute atomic E-state index is 11.7. The van der Waals surface area contributed by atoms with Crippen molar-refractivity contribution in [2.75, 3.05) is 19.6 Å². The molecule has 0 bridgehead atoms. The normalized spacial score (nSPS) is 29.3. The summed E-state index contributed by atoms with van der Waals surface area (Å²) in [6.45, 7) is 0.607. The molecular weight excluding hydrogens is 254 g/mol. The fraction of sp³-hybridized carbons (Fsp3) is 0.500. The molecule has 1 fully saturated rings. The van der Waals surface area contributed by atoms with Crippen molar-refractivity contribution in [3.05, 3.63) is 23.8 Å². The lowest BCUT2D eigenvalue weighted by Crippen LogP contribution is -2.11. The predicted octanol–water partition coefficient (Wildman–Crippen LogP) is 0.501. The van der Waals surface area contributed by atoms with Crippen LogP contribution in [0, 0.1) is 5.92 Å². The molecule has 1 aliphatic heterocycles. The van der Waals surface area contributed by atoms with E-state index >= 15 is 0 Å². The van der Waals surface area contributed by atoms with E-state index in [1.165, 1.54) is 6.26 Å².